The first-order valence-corrected chi connectivity index (χ1v) is 10.0. The number of anilines is 1. The van der Waals surface area contributed by atoms with Crippen molar-refractivity contribution in [2.45, 2.75) is 24.4 Å². The highest BCUT2D eigenvalue weighted by molar-refractivity contribution is 8.18. The number of amides is 1. The third kappa shape index (κ3) is 4.96. The molecule has 0 saturated carbocycles. The summed E-state index contributed by atoms with van der Waals surface area (Å²) in [5, 5.41) is 4.99. The van der Waals surface area contributed by atoms with Crippen molar-refractivity contribution in [1.82, 2.24) is 0 Å². The number of hydrogen-bond donors (Lipinski definition) is 1. The summed E-state index contributed by atoms with van der Waals surface area (Å²) in [5.41, 5.74) is 3.38. The Morgan fingerprint density at radius 1 is 1.20 bits per heavy atom. The molecule has 158 valence electrons. The first-order chi connectivity index (χ1) is 14.2. The number of alkyl halides is 3. The van der Waals surface area contributed by atoms with Crippen molar-refractivity contribution < 1.29 is 22.8 Å². The molecule has 1 aliphatic rings. The molecule has 1 N–H and O–H groups in total. The van der Waals surface area contributed by atoms with Crippen LogP contribution in [0.1, 0.15) is 12.5 Å². The monoisotopic (exact) mass is 455 g/mol. The van der Waals surface area contributed by atoms with Gasteiger partial charge in [-0.25, -0.2) is 0 Å². The summed E-state index contributed by atoms with van der Waals surface area (Å²) in [6.45, 7) is 1.80. The summed E-state index contributed by atoms with van der Waals surface area (Å²) in [4.78, 5) is 20.8. The van der Waals surface area contributed by atoms with E-state index in [0.29, 0.717) is 28.7 Å². The molecule has 0 aromatic heterocycles. The number of rotatable bonds is 5. The Morgan fingerprint density at radius 3 is 2.50 bits per heavy atom. The number of carbonyl (C=O) groups excluding carboxylic acids is 1. The number of nitrogens with zero attached hydrogens (tertiary/aromatic N) is 2. The van der Waals surface area contributed by atoms with Crippen LogP contribution in [0.2, 0.25) is 0 Å². The van der Waals surface area contributed by atoms with Crippen LogP contribution in [0.15, 0.2) is 58.7 Å². The van der Waals surface area contributed by atoms with E-state index < -0.39 is 23.4 Å². The van der Waals surface area contributed by atoms with Gasteiger partial charge in [0, 0.05) is 11.3 Å². The predicted octanol–water partition coefficient (Wildman–Crippen LogP) is 5.30. The molecular formula is C20H17ClF3N3O2S. The number of para-hydroxylation sites is 1. The highest BCUT2D eigenvalue weighted by Crippen LogP contribution is 2.39. The summed E-state index contributed by atoms with van der Waals surface area (Å²) in [6, 6.07) is 12.0. The molecule has 2 aromatic rings. The van der Waals surface area contributed by atoms with Crippen molar-refractivity contribution in [2.24, 2.45) is 10.1 Å². The van der Waals surface area contributed by atoms with E-state index in [9.17, 15) is 18.0 Å². The van der Waals surface area contributed by atoms with Gasteiger partial charge in [0.05, 0.1) is 5.71 Å². The molecule has 5 nitrogen and oxygen atoms in total. The molecule has 2 aromatic carbocycles. The molecule has 1 aliphatic heterocycles. The molecule has 2 atom stereocenters. The predicted molar refractivity (Wildman–Crippen MR) is 114 cm³/mol. The lowest BCUT2D eigenvalue weighted by molar-refractivity contribution is -0.150. The zero-order chi connectivity index (χ0) is 21.9. The van der Waals surface area contributed by atoms with Crippen LogP contribution in [0.3, 0.4) is 0 Å². The molecule has 10 heteroatoms. The maximum atomic E-state index is 13.2. The standard InChI is InChI=1S/C20H17ClF3N3O2S/c1-11(27-29-2)12-7-9-13(10-8-12)14-5-3-4-6-15(14)25-18(28)16-17(20(22,23)24)26-19(21)30-16/h3-10,16-17H,1-2H3,(H,25,28)/b27-11-. The quantitative estimate of drug-likeness (QED) is 0.491. The Hall–Kier alpha value is -2.52. The minimum Gasteiger partial charge on any atom is -0.399 e. The highest BCUT2D eigenvalue weighted by Gasteiger charge is 2.51. The van der Waals surface area contributed by atoms with Crippen molar-refractivity contribution in [3.05, 3.63) is 54.1 Å². The molecule has 1 heterocycles. The smallest absolute Gasteiger partial charge is 0.399 e. The molecule has 0 bridgehead atoms. The van der Waals surface area contributed by atoms with Crippen LogP contribution >= 0.6 is 23.4 Å². The van der Waals surface area contributed by atoms with Crippen molar-refractivity contribution in [1.29, 1.82) is 0 Å². The summed E-state index contributed by atoms with van der Waals surface area (Å²) < 4.78 is 39.3. The van der Waals surface area contributed by atoms with E-state index in [-0.39, 0.29) is 4.50 Å². The Morgan fingerprint density at radius 2 is 1.87 bits per heavy atom. The molecule has 0 fully saturated rings. The maximum Gasteiger partial charge on any atom is 0.412 e. The lowest BCUT2D eigenvalue weighted by atomic mass is 10.0. The number of hydrogen-bond acceptors (Lipinski definition) is 5. The van der Waals surface area contributed by atoms with Gasteiger partial charge in [0.15, 0.2) is 10.5 Å². The van der Waals surface area contributed by atoms with Gasteiger partial charge in [0.2, 0.25) is 5.91 Å². The fraction of sp³-hybridized carbons (Fsp3) is 0.250. The second-order valence-corrected chi connectivity index (χ2v) is 8.09. The maximum absolute atomic E-state index is 13.2. The van der Waals surface area contributed by atoms with E-state index in [0.717, 1.165) is 11.1 Å². The van der Waals surface area contributed by atoms with E-state index in [1.54, 1.807) is 31.2 Å². The number of carbonyl (C=O) groups is 1. The van der Waals surface area contributed by atoms with E-state index in [1.165, 1.54) is 7.11 Å². The lowest BCUT2D eigenvalue weighted by Crippen LogP contribution is -2.41. The van der Waals surface area contributed by atoms with E-state index in [4.69, 9.17) is 16.4 Å². The van der Waals surface area contributed by atoms with Crippen LogP contribution < -0.4 is 5.32 Å². The summed E-state index contributed by atoms with van der Waals surface area (Å²) in [6.07, 6.45) is -4.66. The number of benzene rings is 2. The third-order valence-corrected chi connectivity index (χ3v) is 5.76. The van der Waals surface area contributed by atoms with Crippen LogP contribution in [0.4, 0.5) is 18.9 Å². The zero-order valence-corrected chi connectivity index (χ0v) is 17.5. The fourth-order valence-electron chi connectivity index (χ4n) is 2.95. The Bertz CT molecular complexity index is 994. The van der Waals surface area contributed by atoms with Crippen LogP contribution in [-0.4, -0.2) is 40.7 Å². The van der Waals surface area contributed by atoms with Crippen LogP contribution in [0, 0.1) is 0 Å². The molecular weight excluding hydrogens is 439 g/mol. The second-order valence-electron chi connectivity index (χ2n) is 6.38. The van der Waals surface area contributed by atoms with Gasteiger partial charge in [-0.2, -0.15) is 13.2 Å². The van der Waals surface area contributed by atoms with Crippen molar-refractivity contribution in [2.75, 3.05) is 12.4 Å². The van der Waals surface area contributed by atoms with Crippen LogP contribution in [0.5, 0.6) is 0 Å². The molecule has 3 rings (SSSR count). The van der Waals surface area contributed by atoms with Gasteiger partial charge >= 0.3 is 6.18 Å². The first-order valence-electron chi connectivity index (χ1n) is 8.76. The first kappa shape index (κ1) is 22.2. The highest BCUT2D eigenvalue weighted by atomic mass is 35.5. The van der Waals surface area contributed by atoms with Gasteiger partial charge in [-0.1, -0.05) is 71.0 Å². The van der Waals surface area contributed by atoms with Crippen molar-refractivity contribution >= 4 is 45.2 Å². The molecule has 0 aliphatic carbocycles. The van der Waals surface area contributed by atoms with Gasteiger partial charge in [0.1, 0.15) is 12.4 Å². The summed E-state index contributed by atoms with van der Waals surface area (Å²) in [5.74, 6) is -0.811. The number of halogens is 4. The number of oxime groups is 1. The third-order valence-electron chi connectivity index (χ3n) is 4.37. The Balaban J connectivity index is 1.84. The average Bonchev–Trinajstić information content (AvgIpc) is 3.11. The zero-order valence-electron chi connectivity index (χ0n) is 15.9. The number of nitrogens with one attached hydrogen (secondary N) is 1. The summed E-state index contributed by atoms with van der Waals surface area (Å²) in [7, 11) is 1.46. The van der Waals surface area contributed by atoms with E-state index in [2.05, 4.69) is 15.5 Å². The Labute approximate surface area is 180 Å². The largest absolute Gasteiger partial charge is 0.412 e. The van der Waals surface area contributed by atoms with Gasteiger partial charge < -0.3 is 10.2 Å². The minimum absolute atomic E-state index is 0.283. The Kier molecular flexibility index (Phi) is 6.72. The van der Waals surface area contributed by atoms with Gasteiger partial charge in [-0.05, 0) is 24.1 Å². The molecule has 1 amide bonds. The molecule has 0 radical (unpaired) electrons. The SMILES string of the molecule is CO/N=C(/C)c1ccc(-c2ccccc2NC(=O)C2SC(Cl)=NC2C(F)(F)F)cc1. The van der Waals surface area contributed by atoms with Gasteiger partial charge in [-0.15, -0.1) is 0 Å². The van der Waals surface area contributed by atoms with Crippen LogP contribution in [-0.2, 0) is 9.63 Å². The summed E-state index contributed by atoms with van der Waals surface area (Å²) >= 11 is 6.26. The fourth-order valence-corrected chi connectivity index (χ4v) is 4.23. The number of thioether (sulfide) groups is 1. The second kappa shape index (κ2) is 9.09. The minimum atomic E-state index is -4.66. The molecule has 0 spiro atoms. The lowest BCUT2D eigenvalue weighted by Gasteiger charge is -2.20. The van der Waals surface area contributed by atoms with Crippen molar-refractivity contribution in [3.63, 3.8) is 0 Å². The van der Waals surface area contributed by atoms with E-state index >= 15 is 0 Å². The molecule has 30 heavy (non-hydrogen) atoms. The number of aliphatic imine (C=N–C) groups is 1. The average molecular weight is 456 g/mol. The van der Waals surface area contributed by atoms with Crippen molar-refractivity contribution in [3.8, 4) is 11.1 Å². The van der Waals surface area contributed by atoms with Gasteiger partial charge in [-0.3, -0.25) is 9.79 Å². The molecule has 2 unspecified atom stereocenters. The topological polar surface area (TPSA) is 63.0 Å². The van der Waals surface area contributed by atoms with Gasteiger partial charge in [0.25, 0.3) is 0 Å². The normalized spacial score (nSPS) is 19.4. The van der Waals surface area contributed by atoms with E-state index in [1.807, 2.05) is 24.3 Å². The molecule has 0 saturated heterocycles. The van der Waals surface area contributed by atoms with Crippen LogP contribution in [0.25, 0.3) is 11.1 Å².